The van der Waals surface area contributed by atoms with Gasteiger partial charge in [0, 0.05) is 28.9 Å². The predicted octanol–water partition coefficient (Wildman–Crippen LogP) is 5.30. The maximum atomic E-state index is 4.29. The first kappa shape index (κ1) is 13.1. The molecule has 0 aliphatic carbocycles. The fraction of sp³-hybridized carbons (Fsp3) is 0.150. The lowest BCUT2D eigenvalue weighted by Crippen LogP contribution is -1.95. The summed E-state index contributed by atoms with van der Waals surface area (Å²) in [6, 6.07) is 19.5. The first-order chi connectivity index (χ1) is 10.8. The van der Waals surface area contributed by atoms with Crippen LogP contribution in [0.2, 0.25) is 0 Å². The normalized spacial score (nSPS) is 11.6. The molecule has 0 atom stereocenters. The first-order valence-electron chi connectivity index (χ1n) is 7.69. The molecule has 0 aliphatic heterocycles. The molecule has 0 unspecified atom stereocenters. The molecule has 0 saturated carbocycles. The van der Waals surface area contributed by atoms with Crippen molar-refractivity contribution in [3.8, 4) is 5.69 Å². The van der Waals surface area contributed by atoms with Gasteiger partial charge in [-0.1, -0.05) is 44.2 Å². The Morgan fingerprint density at radius 3 is 2.32 bits per heavy atom. The Morgan fingerprint density at radius 1 is 0.818 bits per heavy atom. The highest BCUT2D eigenvalue weighted by atomic mass is 15.0. The number of hydrogen-bond donors (Lipinski definition) is 0. The second-order valence-electron chi connectivity index (χ2n) is 5.99. The number of benzene rings is 2. The standard InChI is InChI=1S/C20H18N2/c1-14(2)15-7-9-16(10-8-15)22-19-6-4-3-5-17(19)18-13-21-12-11-20(18)22/h3-14H,1-2H3. The molecule has 4 aromatic rings. The molecule has 0 radical (unpaired) electrons. The molecule has 0 spiro atoms. The van der Waals surface area contributed by atoms with E-state index in [0.29, 0.717) is 5.92 Å². The van der Waals surface area contributed by atoms with Crippen LogP contribution < -0.4 is 0 Å². The summed E-state index contributed by atoms with van der Waals surface area (Å²) >= 11 is 0. The molecule has 2 heteroatoms. The fourth-order valence-corrected chi connectivity index (χ4v) is 3.10. The fourth-order valence-electron chi connectivity index (χ4n) is 3.10. The third-order valence-corrected chi connectivity index (χ3v) is 4.29. The molecule has 0 amide bonds. The van der Waals surface area contributed by atoms with Gasteiger partial charge < -0.3 is 4.57 Å². The molecule has 4 rings (SSSR count). The van der Waals surface area contributed by atoms with E-state index in [0.717, 1.165) is 0 Å². The van der Waals surface area contributed by atoms with Gasteiger partial charge in [-0.25, -0.2) is 0 Å². The number of rotatable bonds is 2. The van der Waals surface area contributed by atoms with Crippen LogP contribution in [0, 0.1) is 0 Å². The Hall–Kier alpha value is -2.61. The van der Waals surface area contributed by atoms with Crippen LogP contribution in [0.25, 0.3) is 27.5 Å². The number of fused-ring (bicyclic) bond motifs is 3. The lowest BCUT2D eigenvalue weighted by atomic mass is 10.0. The van der Waals surface area contributed by atoms with Crippen LogP contribution in [0.4, 0.5) is 0 Å². The van der Waals surface area contributed by atoms with Gasteiger partial charge in [-0.05, 0) is 35.7 Å². The molecule has 0 bridgehead atoms. The third-order valence-electron chi connectivity index (χ3n) is 4.29. The molecule has 0 saturated heterocycles. The van der Waals surface area contributed by atoms with Crippen LogP contribution in [0.3, 0.4) is 0 Å². The molecule has 0 aliphatic rings. The Bertz CT molecular complexity index is 893. The van der Waals surface area contributed by atoms with Crippen molar-refractivity contribution >= 4 is 21.8 Å². The van der Waals surface area contributed by atoms with Crippen molar-refractivity contribution in [2.75, 3.05) is 0 Å². The second-order valence-corrected chi connectivity index (χ2v) is 5.99. The maximum Gasteiger partial charge on any atom is 0.0571 e. The molecular formula is C20H18N2. The SMILES string of the molecule is CC(C)c1ccc(-n2c3ccccc3c3cnccc32)cc1. The average molecular weight is 286 g/mol. The number of nitrogens with zero attached hydrogens (tertiary/aromatic N) is 2. The largest absolute Gasteiger partial charge is 0.309 e. The number of aromatic nitrogens is 2. The molecule has 108 valence electrons. The van der Waals surface area contributed by atoms with Crippen molar-refractivity contribution in [3.05, 3.63) is 72.6 Å². The van der Waals surface area contributed by atoms with Gasteiger partial charge in [-0.2, -0.15) is 0 Å². The van der Waals surface area contributed by atoms with Crippen molar-refractivity contribution in [1.82, 2.24) is 9.55 Å². The van der Waals surface area contributed by atoms with Crippen LogP contribution in [0.5, 0.6) is 0 Å². The van der Waals surface area contributed by atoms with Gasteiger partial charge in [0.1, 0.15) is 0 Å². The van der Waals surface area contributed by atoms with Crippen LogP contribution in [-0.2, 0) is 0 Å². The summed E-state index contributed by atoms with van der Waals surface area (Å²) in [4.78, 5) is 4.29. The van der Waals surface area contributed by atoms with Crippen molar-refractivity contribution in [1.29, 1.82) is 0 Å². The first-order valence-corrected chi connectivity index (χ1v) is 7.69. The highest BCUT2D eigenvalue weighted by Crippen LogP contribution is 2.31. The van der Waals surface area contributed by atoms with E-state index in [2.05, 4.69) is 78.0 Å². The third kappa shape index (κ3) is 1.92. The molecular weight excluding hydrogens is 268 g/mol. The van der Waals surface area contributed by atoms with Crippen molar-refractivity contribution in [2.24, 2.45) is 0 Å². The van der Waals surface area contributed by atoms with E-state index in [1.807, 2.05) is 12.4 Å². The summed E-state index contributed by atoms with van der Waals surface area (Å²) in [5, 5.41) is 2.45. The molecule has 2 heterocycles. The molecule has 22 heavy (non-hydrogen) atoms. The highest BCUT2D eigenvalue weighted by Gasteiger charge is 2.11. The Kier molecular flexibility index (Phi) is 2.97. The summed E-state index contributed by atoms with van der Waals surface area (Å²) in [6.45, 7) is 4.45. The second kappa shape index (κ2) is 4.99. The van der Waals surface area contributed by atoms with E-state index in [1.54, 1.807) is 0 Å². The van der Waals surface area contributed by atoms with Crippen molar-refractivity contribution in [2.45, 2.75) is 19.8 Å². The van der Waals surface area contributed by atoms with Crippen LogP contribution >= 0.6 is 0 Å². The Balaban J connectivity index is 2.04. The number of para-hydroxylation sites is 1. The average Bonchev–Trinajstić information content (AvgIpc) is 2.89. The topological polar surface area (TPSA) is 17.8 Å². The minimum atomic E-state index is 0.552. The zero-order chi connectivity index (χ0) is 15.1. The minimum Gasteiger partial charge on any atom is -0.309 e. The Labute approximate surface area is 130 Å². The van der Waals surface area contributed by atoms with E-state index in [-0.39, 0.29) is 0 Å². The van der Waals surface area contributed by atoms with Gasteiger partial charge in [0.15, 0.2) is 0 Å². The quantitative estimate of drug-likeness (QED) is 0.489. The number of hydrogen-bond acceptors (Lipinski definition) is 1. The van der Waals surface area contributed by atoms with Crippen LogP contribution in [0.1, 0.15) is 25.3 Å². The van der Waals surface area contributed by atoms with E-state index in [9.17, 15) is 0 Å². The lowest BCUT2D eigenvalue weighted by molar-refractivity contribution is 0.866. The van der Waals surface area contributed by atoms with Crippen molar-refractivity contribution in [3.63, 3.8) is 0 Å². The minimum absolute atomic E-state index is 0.552. The molecule has 0 fully saturated rings. The predicted molar refractivity (Wildman–Crippen MR) is 92.7 cm³/mol. The van der Waals surface area contributed by atoms with Gasteiger partial charge in [-0.15, -0.1) is 0 Å². The van der Waals surface area contributed by atoms with Crippen LogP contribution in [0.15, 0.2) is 67.0 Å². The zero-order valence-corrected chi connectivity index (χ0v) is 12.8. The smallest absolute Gasteiger partial charge is 0.0571 e. The molecule has 2 aromatic heterocycles. The lowest BCUT2D eigenvalue weighted by Gasteiger charge is -2.10. The molecule has 0 N–H and O–H groups in total. The Morgan fingerprint density at radius 2 is 1.55 bits per heavy atom. The van der Waals surface area contributed by atoms with Gasteiger partial charge in [0.2, 0.25) is 0 Å². The summed E-state index contributed by atoms with van der Waals surface area (Å²) < 4.78 is 2.32. The molecule has 2 nitrogen and oxygen atoms in total. The van der Waals surface area contributed by atoms with E-state index in [1.165, 1.54) is 33.1 Å². The monoisotopic (exact) mass is 286 g/mol. The zero-order valence-electron chi connectivity index (χ0n) is 12.8. The van der Waals surface area contributed by atoms with E-state index >= 15 is 0 Å². The highest BCUT2D eigenvalue weighted by molar-refractivity contribution is 6.08. The summed E-state index contributed by atoms with van der Waals surface area (Å²) in [5.41, 5.74) is 4.99. The van der Waals surface area contributed by atoms with Gasteiger partial charge in [-0.3, -0.25) is 4.98 Å². The number of pyridine rings is 1. The summed E-state index contributed by atoms with van der Waals surface area (Å²) in [5.74, 6) is 0.552. The molecule has 2 aromatic carbocycles. The van der Waals surface area contributed by atoms with Gasteiger partial charge >= 0.3 is 0 Å². The van der Waals surface area contributed by atoms with Gasteiger partial charge in [0.05, 0.1) is 11.0 Å². The maximum absolute atomic E-state index is 4.29. The van der Waals surface area contributed by atoms with E-state index < -0.39 is 0 Å². The van der Waals surface area contributed by atoms with Crippen molar-refractivity contribution < 1.29 is 0 Å². The van der Waals surface area contributed by atoms with Gasteiger partial charge in [0.25, 0.3) is 0 Å². The summed E-state index contributed by atoms with van der Waals surface area (Å²) in [6.07, 6.45) is 3.82. The summed E-state index contributed by atoms with van der Waals surface area (Å²) in [7, 11) is 0. The van der Waals surface area contributed by atoms with Crippen LogP contribution in [-0.4, -0.2) is 9.55 Å². The van der Waals surface area contributed by atoms with E-state index in [4.69, 9.17) is 0 Å².